The predicted molar refractivity (Wildman–Crippen MR) is 74.9 cm³/mol. The number of nitrogens with one attached hydrogen (secondary N) is 1. The quantitative estimate of drug-likeness (QED) is 0.865. The van der Waals surface area contributed by atoms with Gasteiger partial charge in [-0.05, 0) is 37.9 Å². The molecule has 18 heavy (non-hydrogen) atoms. The average Bonchev–Trinajstić information content (AvgIpc) is 2.41. The van der Waals surface area contributed by atoms with E-state index in [9.17, 15) is 0 Å². The summed E-state index contributed by atoms with van der Waals surface area (Å²) < 4.78 is 0. The zero-order valence-electron chi connectivity index (χ0n) is 11.5. The Hall–Kier alpha value is -1.16. The third-order valence-corrected chi connectivity index (χ3v) is 3.51. The zero-order valence-corrected chi connectivity index (χ0v) is 11.5. The van der Waals surface area contributed by atoms with Crippen molar-refractivity contribution in [1.29, 1.82) is 0 Å². The molecule has 2 rings (SSSR count). The monoisotopic (exact) mass is 248 g/mol. The smallest absolute Gasteiger partial charge is 0.151 e. The van der Waals surface area contributed by atoms with Crippen molar-refractivity contribution in [2.45, 2.75) is 45.1 Å². The number of nitrogens with zero attached hydrogens (tertiary/aromatic N) is 3. The molecule has 1 unspecified atom stereocenters. The second-order valence-corrected chi connectivity index (χ2v) is 5.16. The van der Waals surface area contributed by atoms with Gasteiger partial charge in [-0.15, -0.1) is 5.10 Å². The van der Waals surface area contributed by atoms with Crippen molar-refractivity contribution in [3.05, 3.63) is 17.8 Å². The lowest BCUT2D eigenvalue weighted by Crippen LogP contribution is -2.42. The lowest BCUT2D eigenvalue weighted by Gasteiger charge is -2.28. The van der Waals surface area contributed by atoms with Gasteiger partial charge < -0.3 is 10.2 Å². The topological polar surface area (TPSA) is 41.0 Å². The number of aryl methyl sites for hydroxylation is 1. The summed E-state index contributed by atoms with van der Waals surface area (Å²) in [5.74, 6) is 0.974. The second-order valence-electron chi connectivity index (χ2n) is 5.16. The van der Waals surface area contributed by atoms with E-state index in [0.29, 0.717) is 6.04 Å². The van der Waals surface area contributed by atoms with Crippen LogP contribution >= 0.6 is 0 Å². The molecule has 0 bridgehead atoms. The minimum Gasteiger partial charge on any atom is -0.357 e. The van der Waals surface area contributed by atoms with Crippen LogP contribution in [0.3, 0.4) is 0 Å². The van der Waals surface area contributed by atoms with Crippen LogP contribution in [-0.2, 0) is 6.42 Å². The molecular weight excluding hydrogens is 224 g/mol. The highest BCUT2D eigenvalue weighted by Crippen LogP contribution is 2.12. The fourth-order valence-corrected chi connectivity index (χ4v) is 2.45. The first kappa shape index (κ1) is 13.3. The van der Waals surface area contributed by atoms with Crippen LogP contribution < -0.4 is 10.2 Å². The van der Waals surface area contributed by atoms with E-state index in [1.165, 1.54) is 19.3 Å². The number of hydrogen-bond acceptors (Lipinski definition) is 4. The molecule has 0 saturated carbocycles. The highest BCUT2D eigenvalue weighted by Gasteiger charge is 2.15. The highest BCUT2D eigenvalue weighted by atomic mass is 15.3. The summed E-state index contributed by atoms with van der Waals surface area (Å²) >= 11 is 0. The molecule has 1 aliphatic heterocycles. The van der Waals surface area contributed by atoms with Crippen LogP contribution in [-0.4, -0.2) is 36.4 Å². The highest BCUT2D eigenvalue weighted by molar-refractivity contribution is 5.36. The van der Waals surface area contributed by atoms with E-state index >= 15 is 0 Å². The van der Waals surface area contributed by atoms with E-state index < -0.39 is 0 Å². The van der Waals surface area contributed by atoms with Crippen LogP contribution in [0.4, 0.5) is 5.82 Å². The molecule has 1 aromatic rings. The van der Waals surface area contributed by atoms with E-state index in [0.717, 1.165) is 37.4 Å². The lowest BCUT2D eigenvalue weighted by molar-refractivity contribution is 0.402. The van der Waals surface area contributed by atoms with Gasteiger partial charge in [-0.3, -0.25) is 0 Å². The number of hydrogen-bond donors (Lipinski definition) is 1. The normalized spacial score (nSPS) is 19.8. The fraction of sp³-hybridized carbons (Fsp3) is 0.714. The van der Waals surface area contributed by atoms with E-state index in [1.54, 1.807) is 0 Å². The zero-order chi connectivity index (χ0) is 12.8. The Labute approximate surface area is 110 Å². The van der Waals surface area contributed by atoms with Crippen molar-refractivity contribution in [1.82, 2.24) is 15.5 Å². The Bertz CT molecular complexity index is 343. The van der Waals surface area contributed by atoms with Gasteiger partial charge in [-0.1, -0.05) is 19.8 Å². The first-order valence-corrected chi connectivity index (χ1v) is 7.06. The number of aromatic nitrogens is 2. The Morgan fingerprint density at radius 3 is 2.83 bits per heavy atom. The third-order valence-electron chi connectivity index (χ3n) is 3.51. The molecule has 0 radical (unpaired) electrons. The summed E-state index contributed by atoms with van der Waals surface area (Å²) in [7, 11) is 2.10. The van der Waals surface area contributed by atoms with Crippen LogP contribution in [0, 0.1) is 0 Å². The largest absolute Gasteiger partial charge is 0.357 e. The molecule has 4 heteroatoms. The lowest BCUT2D eigenvalue weighted by atomic mass is 10.0. The van der Waals surface area contributed by atoms with Gasteiger partial charge in [0.25, 0.3) is 0 Å². The van der Waals surface area contributed by atoms with Crippen LogP contribution in [0.1, 0.15) is 38.3 Å². The minimum atomic E-state index is 0.598. The van der Waals surface area contributed by atoms with Gasteiger partial charge in [0.15, 0.2) is 5.82 Å². The van der Waals surface area contributed by atoms with Crippen LogP contribution in [0.2, 0.25) is 0 Å². The number of rotatable bonds is 5. The second kappa shape index (κ2) is 6.69. The van der Waals surface area contributed by atoms with Crippen molar-refractivity contribution >= 4 is 5.82 Å². The predicted octanol–water partition coefficient (Wildman–Crippen LogP) is 2.01. The Kier molecular flexibility index (Phi) is 4.93. The van der Waals surface area contributed by atoms with Gasteiger partial charge in [0, 0.05) is 19.6 Å². The van der Waals surface area contributed by atoms with Gasteiger partial charge in [0.05, 0.1) is 5.69 Å². The molecule has 100 valence electrons. The molecule has 0 amide bonds. The van der Waals surface area contributed by atoms with Crippen LogP contribution in [0.25, 0.3) is 0 Å². The first-order chi connectivity index (χ1) is 8.79. The summed E-state index contributed by atoms with van der Waals surface area (Å²) in [5, 5.41) is 12.1. The van der Waals surface area contributed by atoms with Gasteiger partial charge in [-0.2, -0.15) is 5.10 Å². The van der Waals surface area contributed by atoms with Crippen LogP contribution in [0.15, 0.2) is 12.1 Å². The van der Waals surface area contributed by atoms with E-state index in [-0.39, 0.29) is 0 Å². The summed E-state index contributed by atoms with van der Waals surface area (Å²) in [6, 6.07) is 4.78. The molecule has 2 heterocycles. The molecule has 1 aliphatic rings. The van der Waals surface area contributed by atoms with Crippen molar-refractivity contribution in [2.24, 2.45) is 0 Å². The maximum absolute atomic E-state index is 4.31. The molecule has 1 N–H and O–H groups in total. The number of piperidine rings is 1. The Balaban J connectivity index is 1.89. The van der Waals surface area contributed by atoms with Crippen molar-refractivity contribution < 1.29 is 0 Å². The third kappa shape index (κ3) is 3.67. The summed E-state index contributed by atoms with van der Waals surface area (Å²) in [5.41, 5.74) is 1.09. The van der Waals surface area contributed by atoms with Crippen molar-refractivity contribution in [3.63, 3.8) is 0 Å². The summed E-state index contributed by atoms with van der Waals surface area (Å²) in [6.45, 7) is 4.33. The molecular formula is C14H24N4. The Morgan fingerprint density at radius 2 is 2.22 bits per heavy atom. The summed E-state index contributed by atoms with van der Waals surface area (Å²) in [4.78, 5) is 2.20. The molecule has 0 spiro atoms. The summed E-state index contributed by atoms with van der Waals surface area (Å²) in [6.07, 6.45) is 6.06. The Morgan fingerprint density at radius 1 is 1.33 bits per heavy atom. The van der Waals surface area contributed by atoms with Gasteiger partial charge in [0.1, 0.15) is 0 Å². The maximum atomic E-state index is 4.31. The number of likely N-dealkylation sites (N-methyl/N-ethyl adjacent to an activating group) is 1. The van der Waals surface area contributed by atoms with Crippen LogP contribution in [0.5, 0.6) is 0 Å². The SMILES string of the molecule is CCCc1ccc(N(C)CC2CCCCN2)nn1. The van der Waals surface area contributed by atoms with E-state index in [1.807, 2.05) is 0 Å². The van der Waals surface area contributed by atoms with Crippen molar-refractivity contribution in [2.75, 3.05) is 25.0 Å². The van der Waals surface area contributed by atoms with Crippen molar-refractivity contribution in [3.8, 4) is 0 Å². The van der Waals surface area contributed by atoms with Gasteiger partial charge in [0.2, 0.25) is 0 Å². The fourth-order valence-electron chi connectivity index (χ4n) is 2.45. The molecule has 1 atom stereocenters. The van der Waals surface area contributed by atoms with Gasteiger partial charge >= 0.3 is 0 Å². The minimum absolute atomic E-state index is 0.598. The first-order valence-electron chi connectivity index (χ1n) is 7.06. The standard InChI is InChI=1S/C14H24N4/c1-3-6-12-8-9-14(17-16-12)18(2)11-13-7-4-5-10-15-13/h8-9,13,15H,3-7,10-11H2,1-2H3. The van der Waals surface area contributed by atoms with E-state index in [4.69, 9.17) is 0 Å². The molecule has 0 aromatic carbocycles. The molecule has 1 fully saturated rings. The molecule has 1 aromatic heterocycles. The average molecular weight is 248 g/mol. The number of anilines is 1. The maximum Gasteiger partial charge on any atom is 0.151 e. The molecule has 4 nitrogen and oxygen atoms in total. The molecule has 0 aliphatic carbocycles. The van der Waals surface area contributed by atoms with E-state index in [2.05, 4.69) is 46.5 Å². The molecule has 1 saturated heterocycles. The van der Waals surface area contributed by atoms with Gasteiger partial charge in [-0.25, -0.2) is 0 Å².